The summed E-state index contributed by atoms with van der Waals surface area (Å²) in [5.74, 6) is -0.230. The number of aromatic nitrogens is 1. The van der Waals surface area contributed by atoms with Crippen molar-refractivity contribution in [3.63, 3.8) is 0 Å². The first-order valence-electron chi connectivity index (χ1n) is 9.66. The van der Waals surface area contributed by atoms with Crippen molar-refractivity contribution in [1.29, 1.82) is 0 Å². The molecule has 1 heterocycles. The molecule has 4 N–H and O–H groups in total. The van der Waals surface area contributed by atoms with Gasteiger partial charge in [0.15, 0.2) is 12.4 Å². The minimum Gasteiger partial charge on any atom is -0.619 e. The zero-order valence-electron chi connectivity index (χ0n) is 17.0. The molecule has 2 atom stereocenters. The van der Waals surface area contributed by atoms with Gasteiger partial charge in [-0.2, -0.15) is 4.73 Å². The minimum absolute atomic E-state index is 0.00273. The Balaban J connectivity index is 1.76. The van der Waals surface area contributed by atoms with Gasteiger partial charge < -0.3 is 20.7 Å². The number of rotatable bonds is 9. The molecular weight excluding hydrogens is 418 g/mol. The summed E-state index contributed by atoms with van der Waals surface area (Å²) in [6, 6.07) is 17.4. The van der Waals surface area contributed by atoms with Crippen LogP contribution in [0.4, 0.5) is 5.69 Å². The Bertz CT molecular complexity index is 1110. The van der Waals surface area contributed by atoms with Crippen LogP contribution in [0.1, 0.15) is 28.8 Å². The number of hydrogen-bond acceptors (Lipinski definition) is 6. The van der Waals surface area contributed by atoms with Crippen LogP contribution in [0.25, 0.3) is 0 Å². The second-order valence-corrected chi connectivity index (χ2v) is 9.06. The molecule has 1 unspecified atom stereocenters. The third-order valence-electron chi connectivity index (χ3n) is 4.77. The molecule has 0 fully saturated rings. The van der Waals surface area contributed by atoms with E-state index in [2.05, 4.69) is 10.0 Å². The number of nitrogens with zero attached hydrogens (tertiary/aromatic N) is 1. The largest absolute Gasteiger partial charge is 0.619 e. The van der Waals surface area contributed by atoms with E-state index in [1.165, 1.54) is 30.6 Å². The summed E-state index contributed by atoms with van der Waals surface area (Å²) in [7, 11) is -3.58. The van der Waals surface area contributed by atoms with Crippen LogP contribution < -0.4 is 14.8 Å². The molecule has 3 rings (SSSR count). The zero-order valence-corrected chi connectivity index (χ0v) is 17.8. The normalized spacial score (nSPS) is 13.5. The molecule has 0 saturated carbocycles. The first-order valence-corrected chi connectivity index (χ1v) is 11.6. The van der Waals surface area contributed by atoms with Crippen LogP contribution in [-0.2, 0) is 16.4 Å². The van der Waals surface area contributed by atoms with Crippen LogP contribution in [0.15, 0.2) is 73.1 Å². The van der Waals surface area contributed by atoms with E-state index in [4.69, 9.17) is 0 Å². The first-order chi connectivity index (χ1) is 14.7. The topological polar surface area (TPSA) is 126 Å². The standard InChI is InChI=1S/C22H25N3O5S/c1-31(29,30)24-20-14-18(7-8-21(20)26)22(27)15-23-19(13-16-5-3-2-4-6-16)17-9-11-25(28)12-10-17/h2-12,14,19,22-24,26-27H,13,15H2,1H3/t19?,22-/m0/s1. The number of benzene rings is 2. The predicted octanol–water partition coefficient (Wildman–Crippen LogP) is 2.00. The van der Waals surface area contributed by atoms with Crippen molar-refractivity contribution in [1.82, 2.24) is 5.32 Å². The van der Waals surface area contributed by atoms with Crippen LogP contribution in [0.5, 0.6) is 5.75 Å². The van der Waals surface area contributed by atoms with Gasteiger partial charge in [0.05, 0.1) is 18.0 Å². The van der Waals surface area contributed by atoms with Crippen molar-refractivity contribution in [2.45, 2.75) is 18.6 Å². The number of sulfonamides is 1. The van der Waals surface area contributed by atoms with Crippen LogP contribution >= 0.6 is 0 Å². The highest BCUT2D eigenvalue weighted by molar-refractivity contribution is 7.92. The molecule has 8 nitrogen and oxygen atoms in total. The van der Waals surface area contributed by atoms with Crippen molar-refractivity contribution in [2.24, 2.45) is 0 Å². The number of aromatic hydroxyl groups is 1. The average molecular weight is 444 g/mol. The number of hydrogen-bond donors (Lipinski definition) is 4. The van der Waals surface area contributed by atoms with Crippen LogP contribution in [0.3, 0.4) is 0 Å². The summed E-state index contributed by atoms with van der Waals surface area (Å²) in [4.78, 5) is 0. The van der Waals surface area contributed by atoms with Crippen LogP contribution in [0, 0.1) is 5.21 Å². The lowest BCUT2D eigenvalue weighted by Crippen LogP contribution is -2.30. The highest BCUT2D eigenvalue weighted by atomic mass is 32.2. The molecule has 0 saturated heterocycles. The van der Waals surface area contributed by atoms with E-state index >= 15 is 0 Å². The number of pyridine rings is 1. The monoisotopic (exact) mass is 443 g/mol. The van der Waals surface area contributed by atoms with Crippen LogP contribution in [-0.4, -0.2) is 31.4 Å². The maximum Gasteiger partial charge on any atom is 0.229 e. The SMILES string of the molecule is CS(=O)(=O)Nc1cc([C@@H](O)CNC(Cc2ccccc2)c2cc[n+]([O-])cc2)ccc1O. The fourth-order valence-corrected chi connectivity index (χ4v) is 3.79. The second-order valence-electron chi connectivity index (χ2n) is 7.31. The molecule has 164 valence electrons. The van der Waals surface area contributed by atoms with E-state index in [0.717, 1.165) is 17.4 Å². The molecular formula is C22H25N3O5S. The van der Waals surface area contributed by atoms with Gasteiger partial charge in [0.2, 0.25) is 10.0 Å². The third-order valence-corrected chi connectivity index (χ3v) is 5.36. The van der Waals surface area contributed by atoms with Gasteiger partial charge in [0, 0.05) is 24.7 Å². The van der Waals surface area contributed by atoms with Gasteiger partial charge in [-0.25, -0.2) is 8.42 Å². The van der Waals surface area contributed by atoms with Crippen molar-refractivity contribution < 1.29 is 23.4 Å². The van der Waals surface area contributed by atoms with Gasteiger partial charge in [0.1, 0.15) is 5.75 Å². The van der Waals surface area contributed by atoms with Crippen molar-refractivity contribution in [3.05, 3.63) is 95.0 Å². The molecule has 0 amide bonds. The van der Waals surface area contributed by atoms with Crippen molar-refractivity contribution in [2.75, 3.05) is 17.5 Å². The average Bonchev–Trinajstić information content (AvgIpc) is 2.73. The fraction of sp³-hybridized carbons (Fsp3) is 0.227. The Hall–Kier alpha value is -3.14. The summed E-state index contributed by atoms with van der Waals surface area (Å²) in [5, 5.41) is 35.3. The lowest BCUT2D eigenvalue weighted by Gasteiger charge is -2.22. The van der Waals surface area contributed by atoms with Gasteiger partial charge in [-0.15, -0.1) is 0 Å². The molecule has 0 aliphatic heterocycles. The Kier molecular flexibility index (Phi) is 7.11. The third kappa shape index (κ3) is 6.68. The molecule has 0 radical (unpaired) electrons. The summed E-state index contributed by atoms with van der Waals surface area (Å²) in [6.45, 7) is 0.173. The second kappa shape index (κ2) is 9.78. The molecule has 0 aliphatic rings. The Morgan fingerprint density at radius 3 is 2.35 bits per heavy atom. The molecule has 0 aliphatic carbocycles. The number of phenolic OH excluding ortho intramolecular Hbond substituents is 1. The molecule has 3 aromatic rings. The summed E-state index contributed by atoms with van der Waals surface area (Å²) in [5.41, 5.74) is 2.44. The highest BCUT2D eigenvalue weighted by Gasteiger charge is 2.17. The number of phenols is 1. The Morgan fingerprint density at radius 1 is 1.03 bits per heavy atom. The van der Waals surface area contributed by atoms with Gasteiger partial charge in [-0.05, 0) is 35.2 Å². The predicted molar refractivity (Wildman–Crippen MR) is 118 cm³/mol. The Morgan fingerprint density at radius 2 is 1.71 bits per heavy atom. The van der Waals surface area contributed by atoms with Crippen LogP contribution in [0.2, 0.25) is 0 Å². The van der Waals surface area contributed by atoms with E-state index in [1.807, 2.05) is 30.3 Å². The number of anilines is 1. The molecule has 31 heavy (non-hydrogen) atoms. The number of aliphatic hydroxyl groups is 1. The van der Waals surface area contributed by atoms with Gasteiger partial charge >= 0.3 is 0 Å². The van der Waals surface area contributed by atoms with E-state index in [9.17, 15) is 23.8 Å². The van der Waals surface area contributed by atoms with Gasteiger partial charge in [0.25, 0.3) is 0 Å². The molecule has 0 bridgehead atoms. The molecule has 0 spiro atoms. The zero-order chi connectivity index (χ0) is 22.4. The van der Waals surface area contributed by atoms with E-state index in [-0.39, 0.29) is 24.0 Å². The van der Waals surface area contributed by atoms with E-state index in [1.54, 1.807) is 12.1 Å². The number of aliphatic hydroxyl groups excluding tert-OH is 1. The van der Waals surface area contributed by atoms with Gasteiger partial charge in [-0.3, -0.25) is 4.72 Å². The molecule has 1 aromatic heterocycles. The Labute approximate surface area is 181 Å². The fourth-order valence-electron chi connectivity index (χ4n) is 3.23. The van der Waals surface area contributed by atoms with Crippen molar-refractivity contribution >= 4 is 15.7 Å². The molecule has 9 heteroatoms. The lowest BCUT2D eigenvalue weighted by molar-refractivity contribution is -0.605. The molecule has 2 aromatic carbocycles. The summed E-state index contributed by atoms with van der Waals surface area (Å²) >= 11 is 0. The summed E-state index contributed by atoms with van der Waals surface area (Å²) in [6.07, 6.45) is 3.53. The minimum atomic E-state index is -3.58. The quantitative estimate of drug-likeness (QED) is 0.228. The lowest BCUT2D eigenvalue weighted by atomic mass is 9.99. The summed E-state index contributed by atoms with van der Waals surface area (Å²) < 4.78 is 25.9. The van der Waals surface area contributed by atoms with E-state index < -0.39 is 16.1 Å². The first kappa shape index (κ1) is 22.5. The number of nitrogens with one attached hydrogen (secondary N) is 2. The van der Waals surface area contributed by atoms with Gasteiger partial charge in [-0.1, -0.05) is 36.4 Å². The smallest absolute Gasteiger partial charge is 0.229 e. The highest BCUT2D eigenvalue weighted by Crippen LogP contribution is 2.28. The maximum absolute atomic E-state index is 11.5. The van der Waals surface area contributed by atoms with Crippen molar-refractivity contribution in [3.8, 4) is 5.75 Å². The maximum atomic E-state index is 11.5. The van der Waals surface area contributed by atoms with E-state index in [0.29, 0.717) is 16.7 Å².